The number of hydrogen-bond donors (Lipinski definition) is 2. The Labute approximate surface area is 203 Å². The van der Waals surface area contributed by atoms with Gasteiger partial charge < -0.3 is 10.1 Å². The predicted octanol–water partition coefficient (Wildman–Crippen LogP) is 6.09. The topological polar surface area (TPSA) is 70.7 Å². The number of anilines is 1. The number of ether oxygens (including phenoxy) is 1. The van der Waals surface area contributed by atoms with Crippen molar-refractivity contribution in [1.82, 2.24) is 10.4 Å². The highest BCUT2D eigenvalue weighted by atomic mass is 35.5. The van der Waals surface area contributed by atoms with Gasteiger partial charge in [0.2, 0.25) is 0 Å². The lowest BCUT2D eigenvalue weighted by molar-refractivity contribution is -0.123. The largest absolute Gasteiger partial charge is 0.496 e. The smallest absolute Gasteiger partial charge is 0.338 e. The number of hydrogen-bond acceptors (Lipinski definition) is 5. The van der Waals surface area contributed by atoms with Crippen molar-refractivity contribution in [3.63, 3.8) is 0 Å². The summed E-state index contributed by atoms with van der Waals surface area (Å²) < 4.78 is 5.69. The molecule has 0 aliphatic carbocycles. The number of nitrogens with one attached hydrogen (secondary N) is 2. The van der Waals surface area contributed by atoms with E-state index in [4.69, 9.17) is 40.2 Å². The molecule has 1 heterocycles. The molecule has 3 aromatic rings. The maximum atomic E-state index is 13.0. The lowest BCUT2D eigenvalue weighted by atomic mass is 10.0. The molecule has 0 unspecified atom stereocenters. The van der Waals surface area contributed by atoms with E-state index in [1.807, 2.05) is 36.4 Å². The molecule has 1 aliphatic heterocycles. The molecule has 6 nitrogen and oxygen atoms in total. The van der Waals surface area contributed by atoms with Gasteiger partial charge in [-0.15, -0.1) is 0 Å². The molecule has 0 radical (unpaired) electrons. The number of urea groups is 1. The van der Waals surface area contributed by atoms with Crippen LogP contribution in [0.5, 0.6) is 5.75 Å². The second-order valence-corrected chi connectivity index (χ2v) is 9.10. The number of amides is 3. The van der Waals surface area contributed by atoms with Crippen LogP contribution in [0.2, 0.25) is 10.0 Å². The minimum absolute atomic E-state index is 0.199. The average molecular weight is 504 g/mol. The van der Waals surface area contributed by atoms with Crippen molar-refractivity contribution in [3.05, 3.63) is 75.1 Å². The fourth-order valence-corrected chi connectivity index (χ4v) is 4.59. The van der Waals surface area contributed by atoms with Gasteiger partial charge in [-0.2, -0.15) is 5.01 Å². The summed E-state index contributed by atoms with van der Waals surface area (Å²) in [5.41, 5.74) is 3.64. The Morgan fingerprint density at radius 3 is 2.66 bits per heavy atom. The van der Waals surface area contributed by atoms with E-state index in [0.717, 1.165) is 33.1 Å². The van der Waals surface area contributed by atoms with Gasteiger partial charge in [-0.05, 0) is 53.3 Å². The highest BCUT2D eigenvalue weighted by Crippen LogP contribution is 2.36. The van der Waals surface area contributed by atoms with Crippen molar-refractivity contribution in [2.75, 3.05) is 12.4 Å². The molecule has 1 saturated heterocycles. The first kappa shape index (κ1) is 22.4. The van der Waals surface area contributed by atoms with Gasteiger partial charge in [0.15, 0.2) is 4.32 Å². The maximum Gasteiger partial charge on any atom is 0.338 e. The van der Waals surface area contributed by atoms with Crippen LogP contribution in [0, 0.1) is 0 Å². The highest BCUT2D eigenvalue weighted by Gasteiger charge is 2.34. The molecule has 1 fully saturated rings. The Morgan fingerprint density at radius 1 is 1.12 bits per heavy atom. The number of carbonyl (C=O) groups excluding carboxylic acids is 2. The summed E-state index contributed by atoms with van der Waals surface area (Å²) in [6, 6.07) is 15.6. The van der Waals surface area contributed by atoms with E-state index in [0.29, 0.717) is 26.4 Å². The van der Waals surface area contributed by atoms with Crippen molar-refractivity contribution >= 4 is 86.0 Å². The van der Waals surface area contributed by atoms with Gasteiger partial charge >= 0.3 is 6.03 Å². The Bertz CT molecular complexity index is 1300. The Balaban J connectivity index is 1.57. The van der Waals surface area contributed by atoms with Crippen LogP contribution in [0.1, 0.15) is 5.56 Å². The van der Waals surface area contributed by atoms with Gasteiger partial charge in [-0.3, -0.25) is 4.79 Å². The zero-order valence-corrected chi connectivity index (χ0v) is 19.7. The fourth-order valence-electron chi connectivity index (χ4n) is 3.13. The van der Waals surface area contributed by atoms with Crippen molar-refractivity contribution in [3.8, 4) is 5.75 Å². The SMILES string of the molecule is COc1ccc2ccccc2c1/C=C1/SC(=S)N(NC(=O)Nc2ccc(Cl)c(Cl)c2)C1=O. The quantitative estimate of drug-likeness (QED) is 0.332. The molecule has 10 heteroatoms. The van der Waals surface area contributed by atoms with E-state index in [1.54, 1.807) is 25.3 Å². The third kappa shape index (κ3) is 4.54. The number of thiocarbonyl (C=S) groups is 1. The third-order valence-corrected chi connectivity index (χ3v) is 6.65. The third-order valence-electron chi connectivity index (χ3n) is 4.61. The molecular weight excluding hydrogens is 489 g/mol. The molecule has 3 amide bonds. The van der Waals surface area contributed by atoms with Gasteiger partial charge in [-0.25, -0.2) is 10.2 Å². The monoisotopic (exact) mass is 503 g/mol. The molecule has 0 atom stereocenters. The standard InChI is InChI=1S/C22H15Cl2N3O3S2/c1-30-18-9-6-12-4-2-3-5-14(12)15(18)11-19-20(28)27(22(31)32-19)26-21(29)25-13-7-8-16(23)17(24)10-13/h2-11H,1H3,(H2,25,26,29)/b19-11+. The second kappa shape index (κ2) is 9.38. The van der Waals surface area contributed by atoms with E-state index in [-0.39, 0.29) is 4.32 Å². The van der Waals surface area contributed by atoms with E-state index >= 15 is 0 Å². The first-order valence-electron chi connectivity index (χ1n) is 9.24. The van der Waals surface area contributed by atoms with Crippen molar-refractivity contribution in [2.24, 2.45) is 0 Å². The summed E-state index contributed by atoms with van der Waals surface area (Å²) in [5, 5.41) is 6.21. The molecule has 0 bridgehead atoms. The number of carbonyl (C=O) groups is 2. The van der Waals surface area contributed by atoms with Gasteiger partial charge in [-0.1, -0.05) is 65.3 Å². The molecule has 0 spiro atoms. The Kier molecular flexibility index (Phi) is 6.57. The predicted molar refractivity (Wildman–Crippen MR) is 134 cm³/mol. The minimum Gasteiger partial charge on any atom is -0.496 e. The second-order valence-electron chi connectivity index (χ2n) is 6.61. The van der Waals surface area contributed by atoms with Gasteiger partial charge in [0.1, 0.15) is 5.75 Å². The number of fused-ring (bicyclic) bond motifs is 1. The molecule has 32 heavy (non-hydrogen) atoms. The summed E-state index contributed by atoms with van der Waals surface area (Å²) in [6.45, 7) is 0. The van der Waals surface area contributed by atoms with Crippen molar-refractivity contribution < 1.29 is 14.3 Å². The molecule has 3 aromatic carbocycles. The van der Waals surface area contributed by atoms with Crippen LogP contribution in [0.15, 0.2) is 59.5 Å². The van der Waals surface area contributed by atoms with E-state index < -0.39 is 11.9 Å². The van der Waals surface area contributed by atoms with Gasteiger partial charge in [0.05, 0.1) is 22.1 Å². The molecule has 1 aliphatic rings. The molecule has 2 N–H and O–H groups in total. The zero-order chi connectivity index (χ0) is 22.8. The lowest BCUT2D eigenvalue weighted by Gasteiger charge is -2.16. The first-order chi connectivity index (χ1) is 15.4. The zero-order valence-electron chi connectivity index (χ0n) is 16.5. The van der Waals surface area contributed by atoms with E-state index in [9.17, 15) is 9.59 Å². The number of rotatable bonds is 4. The van der Waals surface area contributed by atoms with Crippen LogP contribution in [-0.2, 0) is 4.79 Å². The van der Waals surface area contributed by atoms with Gasteiger partial charge in [0.25, 0.3) is 5.91 Å². The normalized spacial score (nSPS) is 14.8. The van der Waals surface area contributed by atoms with Crippen LogP contribution in [0.4, 0.5) is 10.5 Å². The average Bonchev–Trinajstić information content (AvgIpc) is 3.04. The van der Waals surface area contributed by atoms with Crippen molar-refractivity contribution in [2.45, 2.75) is 0 Å². The summed E-state index contributed by atoms with van der Waals surface area (Å²) in [5.74, 6) is 0.179. The summed E-state index contributed by atoms with van der Waals surface area (Å²) in [7, 11) is 1.57. The number of methoxy groups -OCH3 is 1. The molecule has 162 valence electrons. The molecule has 0 aromatic heterocycles. The molecule has 4 rings (SSSR count). The Morgan fingerprint density at radius 2 is 1.91 bits per heavy atom. The summed E-state index contributed by atoms with van der Waals surface area (Å²) in [4.78, 5) is 25.7. The summed E-state index contributed by atoms with van der Waals surface area (Å²) in [6.07, 6.45) is 1.72. The lowest BCUT2D eigenvalue weighted by Crippen LogP contribution is -2.46. The number of thioether (sulfide) groups is 1. The van der Waals surface area contributed by atoms with Crippen LogP contribution < -0.4 is 15.5 Å². The molecule has 0 saturated carbocycles. The number of nitrogens with zero attached hydrogens (tertiary/aromatic N) is 1. The van der Waals surface area contributed by atoms with Crippen LogP contribution in [0.25, 0.3) is 16.8 Å². The summed E-state index contributed by atoms with van der Waals surface area (Å²) >= 11 is 18.2. The Hall–Kier alpha value is -2.78. The maximum absolute atomic E-state index is 13.0. The highest BCUT2D eigenvalue weighted by molar-refractivity contribution is 8.26. The number of hydrazine groups is 1. The number of benzene rings is 3. The minimum atomic E-state index is -0.649. The van der Waals surface area contributed by atoms with Crippen LogP contribution in [-0.4, -0.2) is 28.4 Å². The van der Waals surface area contributed by atoms with Crippen molar-refractivity contribution in [1.29, 1.82) is 0 Å². The van der Waals surface area contributed by atoms with Crippen LogP contribution in [0.3, 0.4) is 0 Å². The van der Waals surface area contributed by atoms with Crippen LogP contribution >= 0.6 is 47.2 Å². The molecular formula is C22H15Cl2N3O3S2. The fraction of sp³-hybridized carbons (Fsp3) is 0.0455. The number of halogens is 2. The first-order valence-corrected chi connectivity index (χ1v) is 11.2. The van der Waals surface area contributed by atoms with E-state index in [2.05, 4.69) is 10.7 Å². The van der Waals surface area contributed by atoms with Gasteiger partial charge in [0, 0.05) is 11.3 Å². The van der Waals surface area contributed by atoms with E-state index in [1.165, 1.54) is 6.07 Å².